The maximum Gasteiger partial charge on any atom is 0.340 e. The van der Waals surface area contributed by atoms with Crippen LogP contribution in [0.2, 0.25) is 0 Å². The first-order valence-electron chi connectivity index (χ1n) is 4.92. The van der Waals surface area contributed by atoms with Crippen LogP contribution in [0.25, 0.3) is 0 Å². The van der Waals surface area contributed by atoms with Crippen LogP contribution in [-0.4, -0.2) is 26.3 Å². The average molecular weight is 283 g/mol. The van der Waals surface area contributed by atoms with Gasteiger partial charge in [0.25, 0.3) is 5.91 Å². The smallest absolute Gasteiger partial charge is 0.340 e. The lowest BCUT2D eigenvalue weighted by molar-refractivity contribution is 0.0697. The highest BCUT2D eigenvalue weighted by atomic mass is 32.1. The molecule has 94 valence electrons. The van der Waals surface area contributed by atoms with Gasteiger partial charge in [-0.05, 0) is 25.4 Å². The third-order valence-corrected chi connectivity index (χ3v) is 3.78. The summed E-state index contributed by atoms with van der Waals surface area (Å²) in [7, 11) is 0. The Balaban J connectivity index is 2.25. The highest BCUT2D eigenvalue weighted by Crippen LogP contribution is 2.25. The van der Waals surface area contributed by atoms with Gasteiger partial charge in [0.15, 0.2) is 0 Å². The summed E-state index contributed by atoms with van der Waals surface area (Å²) >= 11 is 2.31. The van der Waals surface area contributed by atoms with Crippen LogP contribution >= 0.6 is 22.9 Å². The van der Waals surface area contributed by atoms with Gasteiger partial charge in [-0.1, -0.05) is 0 Å². The molecule has 0 unspecified atom stereocenters. The van der Waals surface area contributed by atoms with Gasteiger partial charge in [0.05, 0.1) is 10.7 Å². The van der Waals surface area contributed by atoms with Gasteiger partial charge in [-0.15, -0.1) is 11.3 Å². The lowest BCUT2D eigenvalue weighted by atomic mass is 10.2. The van der Waals surface area contributed by atoms with E-state index in [1.807, 2.05) is 0 Å². The number of nitrogens with zero attached hydrogens (tertiary/aromatic N) is 2. The van der Waals surface area contributed by atoms with E-state index in [0.29, 0.717) is 5.69 Å². The minimum absolute atomic E-state index is 0.0281. The topological polar surface area (TPSA) is 92.2 Å². The summed E-state index contributed by atoms with van der Waals surface area (Å²) in [6.45, 7) is 3.38. The van der Waals surface area contributed by atoms with Crippen LogP contribution in [0.15, 0.2) is 5.38 Å². The standard InChI is InChI=1S/C10H9N3O3S2/c1-4-7(10(15)16)9(18-13-4)12-8(14)6-3-17-5(2)11-6/h3H,1-2H3,(H,12,14)(H,15,16). The zero-order valence-electron chi connectivity index (χ0n) is 9.55. The molecule has 2 heterocycles. The van der Waals surface area contributed by atoms with E-state index in [1.54, 1.807) is 19.2 Å². The molecule has 18 heavy (non-hydrogen) atoms. The molecule has 0 aliphatic rings. The Morgan fingerprint density at radius 3 is 2.67 bits per heavy atom. The van der Waals surface area contributed by atoms with Crippen LogP contribution < -0.4 is 5.32 Å². The normalized spacial score (nSPS) is 10.3. The van der Waals surface area contributed by atoms with Crippen LogP contribution in [0, 0.1) is 13.8 Å². The molecule has 0 bridgehead atoms. The summed E-state index contributed by atoms with van der Waals surface area (Å²) in [5.41, 5.74) is 0.692. The molecule has 0 atom stereocenters. The molecule has 2 aromatic rings. The fourth-order valence-corrected chi connectivity index (χ4v) is 2.72. The van der Waals surface area contributed by atoms with E-state index in [1.165, 1.54) is 11.3 Å². The third-order valence-electron chi connectivity index (χ3n) is 2.16. The fourth-order valence-electron chi connectivity index (χ4n) is 1.34. The van der Waals surface area contributed by atoms with Crippen molar-refractivity contribution in [2.24, 2.45) is 0 Å². The number of rotatable bonds is 3. The Morgan fingerprint density at radius 1 is 1.39 bits per heavy atom. The summed E-state index contributed by atoms with van der Waals surface area (Å²) in [4.78, 5) is 26.9. The number of amides is 1. The van der Waals surface area contributed by atoms with Gasteiger partial charge in [0.1, 0.15) is 16.3 Å². The number of anilines is 1. The van der Waals surface area contributed by atoms with Crippen LogP contribution in [0.3, 0.4) is 0 Å². The van der Waals surface area contributed by atoms with E-state index >= 15 is 0 Å². The number of carboxylic acid groups (broad SMARTS) is 1. The number of carbonyl (C=O) groups is 2. The number of thiazole rings is 1. The lowest BCUT2D eigenvalue weighted by Gasteiger charge is -2.01. The molecule has 0 saturated carbocycles. The largest absolute Gasteiger partial charge is 0.478 e. The van der Waals surface area contributed by atoms with E-state index in [2.05, 4.69) is 14.7 Å². The van der Waals surface area contributed by atoms with Crippen molar-refractivity contribution >= 4 is 39.7 Å². The average Bonchev–Trinajstić information content (AvgIpc) is 2.85. The summed E-state index contributed by atoms with van der Waals surface area (Å²) in [6, 6.07) is 0. The van der Waals surface area contributed by atoms with E-state index in [9.17, 15) is 9.59 Å². The lowest BCUT2D eigenvalue weighted by Crippen LogP contribution is -2.14. The monoisotopic (exact) mass is 283 g/mol. The maximum atomic E-state index is 11.8. The van der Waals surface area contributed by atoms with Gasteiger partial charge in [0, 0.05) is 5.38 Å². The predicted molar refractivity (Wildman–Crippen MR) is 68.6 cm³/mol. The highest BCUT2D eigenvalue weighted by molar-refractivity contribution is 7.11. The molecule has 8 heteroatoms. The molecule has 1 amide bonds. The molecular formula is C10H9N3O3S2. The molecule has 0 spiro atoms. The quantitative estimate of drug-likeness (QED) is 0.900. The Kier molecular flexibility index (Phi) is 3.39. The van der Waals surface area contributed by atoms with E-state index < -0.39 is 11.9 Å². The van der Waals surface area contributed by atoms with Crippen LogP contribution in [-0.2, 0) is 0 Å². The molecule has 0 fully saturated rings. The van der Waals surface area contributed by atoms with Gasteiger partial charge in [-0.25, -0.2) is 9.78 Å². The number of carbonyl (C=O) groups excluding carboxylic acids is 1. The first-order chi connectivity index (χ1) is 8.49. The van der Waals surface area contributed by atoms with Gasteiger partial charge in [-0.3, -0.25) is 4.79 Å². The SMILES string of the molecule is Cc1nc(C(=O)Nc2snc(C)c2C(=O)O)cs1. The molecule has 2 aromatic heterocycles. The van der Waals surface area contributed by atoms with Gasteiger partial charge in [-0.2, -0.15) is 4.37 Å². The van der Waals surface area contributed by atoms with E-state index in [-0.39, 0.29) is 16.3 Å². The van der Waals surface area contributed by atoms with Crippen molar-refractivity contribution in [1.82, 2.24) is 9.36 Å². The minimum Gasteiger partial charge on any atom is -0.478 e. The number of carboxylic acids is 1. The van der Waals surface area contributed by atoms with Crippen molar-refractivity contribution in [3.8, 4) is 0 Å². The Bertz CT molecular complexity index is 618. The first-order valence-corrected chi connectivity index (χ1v) is 6.57. The molecule has 0 radical (unpaired) electrons. The summed E-state index contributed by atoms with van der Waals surface area (Å²) in [6.07, 6.45) is 0. The second-order valence-electron chi connectivity index (χ2n) is 3.48. The molecule has 0 aliphatic carbocycles. The number of hydrogen-bond acceptors (Lipinski definition) is 6. The molecule has 0 aliphatic heterocycles. The number of aromatic carboxylic acids is 1. The van der Waals surface area contributed by atoms with Crippen LogP contribution in [0.5, 0.6) is 0 Å². The van der Waals surface area contributed by atoms with E-state index in [0.717, 1.165) is 16.5 Å². The minimum atomic E-state index is -1.11. The van der Waals surface area contributed by atoms with E-state index in [4.69, 9.17) is 5.11 Å². The maximum absolute atomic E-state index is 11.8. The van der Waals surface area contributed by atoms with Crippen molar-refractivity contribution in [2.45, 2.75) is 13.8 Å². The number of nitrogens with one attached hydrogen (secondary N) is 1. The molecule has 0 aromatic carbocycles. The number of aromatic nitrogens is 2. The van der Waals surface area contributed by atoms with Gasteiger partial charge >= 0.3 is 5.97 Å². The third kappa shape index (κ3) is 2.39. The Morgan fingerprint density at radius 2 is 2.11 bits per heavy atom. The summed E-state index contributed by atoms with van der Waals surface area (Å²) in [5, 5.41) is 14.2. The second kappa shape index (κ2) is 4.83. The zero-order chi connectivity index (χ0) is 13.3. The Hall–Kier alpha value is -1.80. The van der Waals surface area contributed by atoms with Crippen molar-refractivity contribution < 1.29 is 14.7 Å². The second-order valence-corrected chi connectivity index (χ2v) is 5.32. The molecule has 6 nitrogen and oxygen atoms in total. The summed E-state index contributed by atoms with van der Waals surface area (Å²) < 4.78 is 3.92. The molecule has 2 rings (SSSR count). The number of aryl methyl sites for hydroxylation is 2. The van der Waals surface area contributed by atoms with Crippen molar-refractivity contribution in [1.29, 1.82) is 0 Å². The van der Waals surface area contributed by atoms with Crippen LogP contribution in [0.4, 0.5) is 5.00 Å². The molecule has 2 N–H and O–H groups in total. The van der Waals surface area contributed by atoms with Crippen molar-refractivity contribution in [3.05, 3.63) is 27.3 Å². The predicted octanol–water partition coefficient (Wildman–Crippen LogP) is 2.17. The first kappa shape index (κ1) is 12.7. The van der Waals surface area contributed by atoms with Gasteiger partial charge < -0.3 is 10.4 Å². The highest BCUT2D eigenvalue weighted by Gasteiger charge is 2.20. The summed E-state index contributed by atoms with van der Waals surface area (Å²) in [5.74, 6) is -1.53. The fraction of sp³-hybridized carbons (Fsp3) is 0.200. The molecular weight excluding hydrogens is 274 g/mol. The molecule has 0 saturated heterocycles. The van der Waals surface area contributed by atoms with Crippen molar-refractivity contribution in [2.75, 3.05) is 5.32 Å². The number of hydrogen-bond donors (Lipinski definition) is 2. The van der Waals surface area contributed by atoms with Crippen LogP contribution in [0.1, 0.15) is 31.5 Å². The zero-order valence-corrected chi connectivity index (χ0v) is 11.2. The van der Waals surface area contributed by atoms with Crippen molar-refractivity contribution in [3.63, 3.8) is 0 Å². The van der Waals surface area contributed by atoms with Gasteiger partial charge in [0.2, 0.25) is 0 Å². The Labute approximate surface area is 110 Å².